The fourth-order valence-electron chi connectivity index (χ4n) is 1.85. The first kappa shape index (κ1) is 15.3. The molecule has 19 heavy (non-hydrogen) atoms. The summed E-state index contributed by atoms with van der Waals surface area (Å²) in [6.45, 7) is 3.99. The SMILES string of the molecule is CCN(CCCN(C)C)C(=O)c1cc(O)ccc1O. The van der Waals surface area contributed by atoms with E-state index in [2.05, 4.69) is 4.90 Å². The van der Waals surface area contributed by atoms with Crippen LogP contribution >= 0.6 is 0 Å². The van der Waals surface area contributed by atoms with Gasteiger partial charge in [0.1, 0.15) is 11.5 Å². The molecular formula is C14H22N2O3. The van der Waals surface area contributed by atoms with Gasteiger partial charge in [-0.25, -0.2) is 0 Å². The Hall–Kier alpha value is -1.75. The average molecular weight is 266 g/mol. The minimum atomic E-state index is -0.255. The van der Waals surface area contributed by atoms with Crippen molar-refractivity contribution in [3.8, 4) is 11.5 Å². The zero-order valence-electron chi connectivity index (χ0n) is 11.8. The number of phenolic OH excluding ortho intramolecular Hbond substituents is 2. The van der Waals surface area contributed by atoms with Crippen LogP contribution in [0.1, 0.15) is 23.7 Å². The van der Waals surface area contributed by atoms with Crippen molar-refractivity contribution in [1.82, 2.24) is 9.80 Å². The van der Waals surface area contributed by atoms with E-state index in [1.54, 1.807) is 4.90 Å². The van der Waals surface area contributed by atoms with Gasteiger partial charge in [-0.3, -0.25) is 4.79 Å². The molecule has 1 amide bonds. The van der Waals surface area contributed by atoms with Gasteiger partial charge in [-0.2, -0.15) is 0 Å². The molecule has 0 unspecified atom stereocenters. The number of hydrogen-bond acceptors (Lipinski definition) is 4. The molecule has 1 aromatic rings. The molecular weight excluding hydrogens is 244 g/mol. The van der Waals surface area contributed by atoms with E-state index in [9.17, 15) is 15.0 Å². The summed E-state index contributed by atoms with van der Waals surface area (Å²) in [5.41, 5.74) is 0.145. The van der Waals surface area contributed by atoms with Gasteiger partial charge in [0.15, 0.2) is 0 Å². The Labute approximate surface area is 114 Å². The maximum absolute atomic E-state index is 12.3. The number of hydrogen-bond donors (Lipinski definition) is 2. The van der Waals surface area contributed by atoms with E-state index in [1.165, 1.54) is 18.2 Å². The number of amides is 1. The van der Waals surface area contributed by atoms with Gasteiger partial charge >= 0.3 is 0 Å². The van der Waals surface area contributed by atoms with Gasteiger partial charge < -0.3 is 20.0 Å². The maximum atomic E-state index is 12.3. The second kappa shape index (κ2) is 6.99. The van der Waals surface area contributed by atoms with Crippen LogP contribution in [-0.4, -0.2) is 59.6 Å². The van der Waals surface area contributed by atoms with Crippen molar-refractivity contribution in [1.29, 1.82) is 0 Å². The standard InChI is InChI=1S/C14H22N2O3/c1-4-16(9-5-8-15(2)3)14(19)12-10-11(17)6-7-13(12)18/h6-7,10,17-18H,4-5,8-9H2,1-3H3. The largest absolute Gasteiger partial charge is 0.508 e. The van der Waals surface area contributed by atoms with E-state index < -0.39 is 0 Å². The number of carbonyl (C=O) groups is 1. The fraction of sp³-hybridized carbons (Fsp3) is 0.500. The highest BCUT2D eigenvalue weighted by Crippen LogP contribution is 2.23. The number of rotatable bonds is 6. The minimum Gasteiger partial charge on any atom is -0.508 e. The second-order valence-corrected chi connectivity index (χ2v) is 4.74. The predicted octanol–water partition coefficient (Wildman–Crippen LogP) is 1.51. The normalized spacial score (nSPS) is 10.7. The van der Waals surface area contributed by atoms with Crippen LogP contribution < -0.4 is 0 Å². The molecule has 0 fully saturated rings. The highest BCUT2D eigenvalue weighted by atomic mass is 16.3. The van der Waals surface area contributed by atoms with Crippen LogP contribution in [0.15, 0.2) is 18.2 Å². The molecule has 2 N–H and O–H groups in total. The van der Waals surface area contributed by atoms with Crippen molar-refractivity contribution in [2.45, 2.75) is 13.3 Å². The number of carbonyl (C=O) groups excluding carboxylic acids is 1. The molecule has 0 atom stereocenters. The number of benzene rings is 1. The summed E-state index contributed by atoms with van der Waals surface area (Å²) in [5, 5.41) is 19.1. The van der Waals surface area contributed by atoms with Crippen molar-refractivity contribution in [2.75, 3.05) is 33.7 Å². The second-order valence-electron chi connectivity index (χ2n) is 4.74. The maximum Gasteiger partial charge on any atom is 0.257 e. The molecule has 0 bridgehead atoms. The molecule has 1 rings (SSSR count). The Morgan fingerprint density at radius 3 is 2.47 bits per heavy atom. The van der Waals surface area contributed by atoms with E-state index >= 15 is 0 Å². The number of nitrogens with zero attached hydrogens (tertiary/aromatic N) is 2. The molecule has 0 saturated heterocycles. The lowest BCUT2D eigenvalue weighted by molar-refractivity contribution is 0.0756. The van der Waals surface area contributed by atoms with Gasteiger partial charge in [-0.1, -0.05) is 0 Å². The molecule has 1 aromatic carbocycles. The summed E-state index contributed by atoms with van der Waals surface area (Å²) in [5.74, 6) is -0.381. The van der Waals surface area contributed by atoms with Crippen LogP contribution in [0, 0.1) is 0 Å². The molecule has 0 heterocycles. The topological polar surface area (TPSA) is 64.0 Å². The highest BCUT2D eigenvalue weighted by molar-refractivity contribution is 5.97. The van der Waals surface area contributed by atoms with Crippen molar-refractivity contribution < 1.29 is 15.0 Å². The first-order chi connectivity index (χ1) is 8.95. The molecule has 0 aromatic heterocycles. The first-order valence-electron chi connectivity index (χ1n) is 6.41. The van der Waals surface area contributed by atoms with Crippen LogP contribution in [0.2, 0.25) is 0 Å². The van der Waals surface area contributed by atoms with Crippen molar-refractivity contribution in [2.24, 2.45) is 0 Å². The third-order valence-electron chi connectivity index (χ3n) is 2.91. The lowest BCUT2D eigenvalue weighted by Gasteiger charge is -2.22. The van der Waals surface area contributed by atoms with Crippen molar-refractivity contribution in [3.63, 3.8) is 0 Å². The lowest BCUT2D eigenvalue weighted by Crippen LogP contribution is -2.33. The summed E-state index contributed by atoms with van der Waals surface area (Å²) in [4.78, 5) is 16.0. The molecule has 5 heteroatoms. The van der Waals surface area contributed by atoms with Crippen molar-refractivity contribution >= 4 is 5.91 Å². The van der Waals surface area contributed by atoms with Gasteiger partial charge in [0.25, 0.3) is 5.91 Å². The summed E-state index contributed by atoms with van der Waals surface area (Å²) in [6.07, 6.45) is 0.867. The molecule has 0 aliphatic heterocycles. The zero-order valence-corrected chi connectivity index (χ0v) is 11.8. The van der Waals surface area contributed by atoms with Crippen LogP contribution in [0.5, 0.6) is 11.5 Å². The number of phenols is 2. The zero-order chi connectivity index (χ0) is 14.4. The van der Waals surface area contributed by atoms with Crippen molar-refractivity contribution in [3.05, 3.63) is 23.8 Å². The smallest absolute Gasteiger partial charge is 0.257 e. The van der Waals surface area contributed by atoms with Gasteiger partial charge in [0, 0.05) is 13.1 Å². The molecule has 0 spiro atoms. The summed E-state index contributed by atoms with van der Waals surface area (Å²) < 4.78 is 0. The average Bonchev–Trinajstić information content (AvgIpc) is 2.36. The molecule has 0 radical (unpaired) electrons. The Morgan fingerprint density at radius 2 is 1.89 bits per heavy atom. The van der Waals surface area contributed by atoms with Gasteiger partial charge in [0.05, 0.1) is 5.56 Å². The van der Waals surface area contributed by atoms with Gasteiger partial charge in [-0.05, 0) is 52.2 Å². The van der Waals surface area contributed by atoms with E-state index in [0.717, 1.165) is 13.0 Å². The molecule has 0 aliphatic carbocycles. The molecule has 5 nitrogen and oxygen atoms in total. The fourth-order valence-corrected chi connectivity index (χ4v) is 1.85. The van der Waals surface area contributed by atoms with Gasteiger partial charge in [0.2, 0.25) is 0 Å². The van der Waals surface area contributed by atoms with E-state index in [-0.39, 0.29) is 23.0 Å². The third-order valence-corrected chi connectivity index (χ3v) is 2.91. The summed E-state index contributed by atoms with van der Waals surface area (Å²) >= 11 is 0. The van der Waals surface area contributed by atoms with Crippen LogP contribution in [-0.2, 0) is 0 Å². The van der Waals surface area contributed by atoms with E-state index in [0.29, 0.717) is 13.1 Å². The molecule has 106 valence electrons. The Balaban J connectivity index is 2.75. The van der Waals surface area contributed by atoms with E-state index in [1.807, 2.05) is 21.0 Å². The van der Waals surface area contributed by atoms with Crippen LogP contribution in [0.3, 0.4) is 0 Å². The monoisotopic (exact) mass is 266 g/mol. The minimum absolute atomic E-state index is 0.0227. The predicted molar refractivity (Wildman–Crippen MR) is 74.5 cm³/mol. The molecule has 0 aliphatic rings. The van der Waals surface area contributed by atoms with Crippen LogP contribution in [0.4, 0.5) is 0 Å². The summed E-state index contributed by atoms with van der Waals surface area (Å²) in [7, 11) is 3.97. The van der Waals surface area contributed by atoms with Gasteiger partial charge in [-0.15, -0.1) is 0 Å². The Kier molecular flexibility index (Phi) is 5.63. The molecule has 0 saturated carbocycles. The summed E-state index contributed by atoms with van der Waals surface area (Å²) in [6, 6.07) is 3.98. The first-order valence-corrected chi connectivity index (χ1v) is 6.41. The van der Waals surface area contributed by atoms with E-state index in [4.69, 9.17) is 0 Å². The quantitative estimate of drug-likeness (QED) is 0.766. The number of aromatic hydroxyl groups is 2. The Bertz CT molecular complexity index is 433. The highest BCUT2D eigenvalue weighted by Gasteiger charge is 2.18. The third kappa shape index (κ3) is 4.44. The Morgan fingerprint density at radius 1 is 1.21 bits per heavy atom. The lowest BCUT2D eigenvalue weighted by atomic mass is 10.1. The van der Waals surface area contributed by atoms with Crippen LogP contribution in [0.25, 0.3) is 0 Å².